The molecule has 1 fully saturated rings. The van der Waals surface area contributed by atoms with Gasteiger partial charge in [-0.2, -0.15) is 0 Å². The number of hydrogen-bond donors (Lipinski definition) is 2. The molecule has 0 spiro atoms. The van der Waals surface area contributed by atoms with E-state index in [1.54, 1.807) is 17.3 Å². The number of β-amino-alcohol motifs (C(OH)–C–C–N with tert-alkyl or cyclic N) is 1. The number of nitrogens with one attached hydrogen (secondary N) is 1. The molecule has 1 amide bonds. The van der Waals surface area contributed by atoms with Crippen LogP contribution < -0.4 is 5.32 Å². The largest absolute Gasteiger partial charge is 0.391 e. The second-order valence-corrected chi connectivity index (χ2v) is 5.71. The number of rotatable bonds is 5. The maximum absolute atomic E-state index is 12.8. The number of likely N-dealkylation sites (tertiary alicyclic amines) is 1. The summed E-state index contributed by atoms with van der Waals surface area (Å²) in [6.45, 7) is 3.87. The summed E-state index contributed by atoms with van der Waals surface area (Å²) in [5.74, 6) is -0.0672. The van der Waals surface area contributed by atoms with Crippen LogP contribution in [-0.2, 0) is 0 Å². The van der Waals surface area contributed by atoms with E-state index in [2.05, 4.69) is 10.3 Å². The number of nitrogens with zero attached hydrogens (tertiary/aromatic N) is 3. The number of hydrogen-bond acceptors (Lipinski definition) is 5. The minimum Gasteiger partial charge on any atom is -0.391 e. The summed E-state index contributed by atoms with van der Waals surface area (Å²) in [4.78, 5) is 20.7. The van der Waals surface area contributed by atoms with Crippen molar-refractivity contribution in [3.8, 4) is 0 Å². The van der Waals surface area contributed by atoms with Crippen molar-refractivity contribution in [2.45, 2.75) is 25.5 Å². The number of anilines is 1. The summed E-state index contributed by atoms with van der Waals surface area (Å²) in [6.07, 6.45) is 3.45. The van der Waals surface area contributed by atoms with E-state index < -0.39 is 6.10 Å². The monoisotopic (exact) mass is 292 g/mol. The minimum absolute atomic E-state index is 0.0391. The lowest BCUT2D eigenvalue weighted by Crippen LogP contribution is -2.41. The van der Waals surface area contributed by atoms with Crippen LogP contribution in [0.25, 0.3) is 0 Å². The van der Waals surface area contributed by atoms with Gasteiger partial charge in [0.15, 0.2) is 0 Å². The Morgan fingerprint density at radius 3 is 3.00 bits per heavy atom. The smallest absolute Gasteiger partial charge is 0.257 e. The molecule has 1 aliphatic heterocycles. The second-order valence-electron chi connectivity index (χ2n) is 5.71. The summed E-state index contributed by atoms with van der Waals surface area (Å²) >= 11 is 0. The first-order valence-corrected chi connectivity index (χ1v) is 7.34. The number of aliphatic hydroxyl groups is 1. The molecule has 1 saturated heterocycles. The van der Waals surface area contributed by atoms with Crippen LogP contribution in [0.5, 0.6) is 0 Å². The Bertz CT molecular complexity index is 492. The number of carbonyl (C=O) groups excluding carboxylic acids is 1. The van der Waals surface area contributed by atoms with Crippen LogP contribution in [0.15, 0.2) is 18.5 Å². The van der Waals surface area contributed by atoms with Gasteiger partial charge in [-0.3, -0.25) is 9.78 Å². The molecule has 0 radical (unpaired) electrons. The Balaban J connectivity index is 2.21. The summed E-state index contributed by atoms with van der Waals surface area (Å²) in [6, 6.07) is 1.85. The topological polar surface area (TPSA) is 68.7 Å². The minimum atomic E-state index is -0.446. The molecule has 1 aromatic heterocycles. The molecule has 6 nitrogen and oxygen atoms in total. The van der Waals surface area contributed by atoms with E-state index in [-0.39, 0.29) is 11.9 Å². The first kappa shape index (κ1) is 15.7. The molecule has 2 unspecified atom stereocenters. The van der Waals surface area contributed by atoms with Crippen molar-refractivity contribution >= 4 is 11.6 Å². The third-order valence-corrected chi connectivity index (χ3v) is 3.65. The molecule has 0 bridgehead atoms. The molecule has 1 aromatic rings. The predicted molar refractivity (Wildman–Crippen MR) is 82.4 cm³/mol. The van der Waals surface area contributed by atoms with Gasteiger partial charge < -0.3 is 20.2 Å². The first-order chi connectivity index (χ1) is 10.0. The zero-order valence-electron chi connectivity index (χ0n) is 12.9. The number of aliphatic hydroxyl groups excluding tert-OH is 1. The SMILES string of the molecule is CCNc1ccncc1C(=O)N1CC(O)CC1CN(C)C. The van der Waals surface area contributed by atoms with Gasteiger partial charge in [-0.1, -0.05) is 0 Å². The maximum Gasteiger partial charge on any atom is 0.257 e. The van der Waals surface area contributed by atoms with Gasteiger partial charge in [0.25, 0.3) is 5.91 Å². The highest BCUT2D eigenvalue weighted by Crippen LogP contribution is 2.24. The van der Waals surface area contributed by atoms with E-state index >= 15 is 0 Å². The zero-order valence-corrected chi connectivity index (χ0v) is 12.9. The molecule has 0 aromatic carbocycles. The van der Waals surface area contributed by atoms with E-state index in [1.165, 1.54) is 0 Å². The fourth-order valence-corrected chi connectivity index (χ4v) is 2.80. The third kappa shape index (κ3) is 3.71. The van der Waals surface area contributed by atoms with Gasteiger partial charge in [-0.05, 0) is 33.5 Å². The first-order valence-electron chi connectivity index (χ1n) is 7.34. The Kier molecular flexibility index (Phi) is 5.14. The van der Waals surface area contributed by atoms with Gasteiger partial charge in [-0.25, -0.2) is 0 Å². The standard InChI is InChI=1S/C15H24N4O2/c1-4-17-14-5-6-16-8-13(14)15(21)19-10-12(20)7-11(19)9-18(2)3/h5-6,8,11-12,20H,4,7,9-10H2,1-3H3,(H,16,17). The highest BCUT2D eigenvalue weighted by Gasteiger charge is 2.35. The van der Waals surface area contributed by atoms with Crippen molar-refractivity contribution in [1.82, 2.24) is 14.8 Å². The molecular weight excluding hydrogens is 268 g/mol. The third-order valence-electron chi connectivity index (χ3n) is 3.65. The van der Waals surface area contributed by atoms with E-state index in [0.717, 1.165) is 18.8 Å². The average Bonchev–Trinajstić information content (AvgIpc) is 2.79. The van der Waals surface area contributed by atoms with Gasteiger partial charge in [0.1, 0.15) is 0 Å². The van der Waals surface area contributed by atoms with Crippen molar-refractivity contribution in [3.05, 3.63) is 24.0 Å². The van der Waals surface area contributed by atoms with Crippen molar-refractivity contribution in [2.24, 2.45) is 0 Å². The Morgan fingerprint density at radius 2 is 2.33 bits per heavy atom. The van der Waals surface area contributed by atoms with Crippen LogP contribution in [0.2, 0.25) is 0 Å². The lowest BCUT2D eigenvalue weighted by Gasteiger charge is -2.27. The van der Waals surface area contributed by atoms with Crippen molar-refractivity contribution in [2.75, 3.05) is 39.0 Å². The van der Waals surface area contributed by atoms with Crippen LogP contribution in [0.4, 0.5) is 5.69 Å². The molecule has 1 aliphatic rings. The van der Waals surface area contributed by atoms with Crippen molar-refractivity contribution in [3.63, 3.8) is 0 Å². The van der Waals surface area contributed by atoms with Crippen LogP contribution in [0, 0.1) is 0 Å². The zero-order chi connectivity index (χ0) is 15.4. The quantitative estimate of drug-likeness (QED) is 0.834. The molecule has 2 rings (SSSR count). The van der Waals surface area contributed by atoms with E-state index in [4.69, 9.17) is 0 Å². The van der Waals surface area contributed by atoms with Crippen molar-refractivity contribution < 1.29 is 9.90 Å². The number of pyridine rings is 1. The van der Waals surface area contributed by atoms with E-state index in [9.17, 15) is 9.90 Å². The van der Waals surface area contributed by atoms with Gasteiger partial charge in [0.2, 0.25) is 0 Å². The highest BCUT2D eigenvalue weighted by atomic mass is 16.3. The fourth-order valence-electron chi connectivity index (χ4n) is 2.80. The normalized spacial score (nSPS) is 21.9. The van der Waals surface area contributed by atoms with E-state index in [0.29, 0.717) is 18.5 Å². The van der Waals surface area contributed by atoms with Gasteiger partial charge in [-0.15, -0.1) is 0 Å². The van der Waals surface area contributed by atoms with Crippen LogP contribution in [0.3, 0.4) is 0 Å². The second kappa shape index (κ2) is 6.87. The molecule has 0 aliphatic carbocycles. The summed E-state index contributed by atoms with van der Waals surface area (Å²) in [7, 11) is 3.95. The Morgan fingerprint density at radius 1 is 1.57 bits per heavy atom. The molecule has 2 heterocycles. The number of carbonyl (C=O) groups is 1. The molecule has 21 heavy (non-hydrogen) atoms. The summed E-state index contributed by atoms with van der Waals surface area (Å²) in [5.41, 5.74) is 1.36. The van der Waals surface area contributed by atoms with Gasteiger partial charge >= 0.3 is 0 Å². The highest BCUT2D eigenvalue weighted by molar-refractivity contribution is 5.99. The summed E-state index contributed by atoms with van der Waals surface area (Å²) < 4.78 is 0. The Labute approximate surface area is 125 Å². The maximum atomic E-state index is 12.8. The lowest BCUT2D eigenvalue weighted by molar-refractivity contribution is 0.0699. The number of likely N-dealkylation sites (N-methyl/N-ethyl adjacent to an activating group) is 1. The molecular formula is C15H24N4O2. The van der Waals surface area contributed by atoms with Gasteiger partial charge in [0, 0.05) is 38.1 Å². The average molecular weight is 292 g/mol. The fraction of sp³-hybridized carbons (Fsp3) is 0.600. The lowest BCUT2D eigenvalue weighted by atomic mass is 10.1. The van der Waals surface area contributed by atoms with Crippen LogP contribution in [-0.4, -0.2) is 71.7 Å². The predicted octanol–water partition coefficient (Wildman–Crippen LogP) is 0.650. The molecule has 2 atom stereocenters. The molecule has 116 valence electrons. The number of amides is 1. The van der Waals surface area contributed by atoms with Gasteiger partial charge in [0.05, 0.1) is 17.4 Å². The van der Waals surface area contributed by atoms with Crippen molar-refractivity contribution in [1.29, 1.82) is 0 Å². The van der Waals surface area contributed by atoms with E-state index in [1.807, 2.05) is 32.0 Å². The molecule has 2 N–H and O–H groups in total. The van der Waals surface area contributed by atoms with Crippen LogP contribution >= 0.6 is 0 Å². The molecule has 0 saturated carbocycles. The number of aromatic nitrogens is 1. The molecule has 6 heteroatoms. The summed E-state index contributed by atoms with van der Waals surface area (Å²) in [5, 5.41) is 13.1. The van der Waals surface area contributed by atoms with Crippen LogP contribution in [0.1, 0.15) is 23.7 Å². The Hall–Kier alpha value is -1.66.